The molecule has 0 saturated heterocycles. The van der Waals surface area contributed by atoms with Crippen molar-refractivity contribution in [3.8, 4) is 22.8 Å². The van der Waals surface area contributed by atoms with E-state index in [-0.39, 0.29) is 20.1 Å². The van der Waals surface area contributed by atoms with Gasteiger partial charge in [-0.1, -0.05) is 80.7 Å². The second-order valence-electron chi connectivity index (χ2n) is 12.7. The van der Waals surface area contributed by atoms with E-state index in [9.17, 15) is 0 Å². The number of thiophene rings is 2. The molecule has 0 N–H and O–H groups in total. The number of hydrogen-bond acceptors (Lipinski definition) is 8. The minimum absolute atomic E-state index is 0. The fourth-order valence-corrected chi connectivity index (χ4v) is 8.47. The van der Waals surface area contributed by atoms with Crippen molar-refractivity contribution in [1.29, 1.82) is 0 Å². The second kappa shape index (κ2) is 14.5. The van der Waals surface area contributed by atoms with Crippen molar-refractivity contribution in [3.63, 3.8) is 0 Å². The molecule has 1 fully saturated rings. The molecule has 6 nitrogen and oxygen atoms in total. The standard InChI is InChI=1S/C22H26N2.C18H9N4S2.Ir/c1-16(2)19-10-13-21-22(14-19)23(3)15-24(21)20-11-8-18(9-12-20)17-6-4-5-7-17;1-3-11-7-9-23-15(11)13(5-1)17-19-21-18(22-20-17)14-6-2-4-12-8-10-24-16(12)14;/h8-11,13-17H,4-7H2,1-3H3;1-5,7-10H;/q-2;-1;+3. The van der Waals surface area contributed by atoms with Crippen LogP contribution in [0.25, 0.3) is 42.9 Å². The quantitative estimate of drug-likeness (QED) is 0.161. The smallest absolute Gasteiger partial charge is 0.504 e. The molecule has 0 atom stereocenters. The topological polar surface area (TPSA) is 58.0 Å². The van der Waals surface area contributed by atoms with E-state index in [2.05, 4.69) is 135 Å². The van der Waals surface area contributed by atoms with Gasteiger partial charge in [0.2, 0.25) is 5.82 Å². The molecular formula is C40H35IrN6S2. The molecule has 49 heavy (non-hydrogen) atoms. The number of fused-ring (bicyclic) bond motifs is 3. The second-order valence-corrected chi connectivity index (χ2v) is 14.6. The largest absolute Gasteiger partial charge is 3.00 e. The van der Waals surface area contributed by atoms with E-state index >= 15 is 0 Å². The maximum absolute atomic E-state index is 4.31. The van der Waals surface area contributed by atoms with Gasteiger partial charge in [0.1, 0.15) is 5.82 Å². The van der Waals surface area contributed by atoms with Crippen LogP contribution < -0.4 is 9.80 Å². The number of anilines is 3. The molecule has 1 aliphatic carbocycles. The Kier molecular flexibility index (Phi) is 9.88. The Labute approximate surface area is 309 Å². The van der Waals surface area contributed by atoms with Gasteiger partial charge >= 0.3 is 20.1 Å². The molecule has 0 bridgehead atoms. The van der Waals surface area contributed by atoms with Crippen molar-refractivity contribution in [1.82, 2.24) is 20.4 Å². The maximum Gasteiger partial charge on any atom is 3.00 e. The van der Waals surface area contributed by atoms with Gasteiger partial charge in [-0.25, -0.2) is 0 Å². The summed E-state index contributed by atoms with van der Waals surface area (Å²) < 4.78 is 2.26. The van der Waals surface area contributed by atoms with E-state index in [1.165, 1.54) is 53.6 Å². The summed E-state index contributed by atoms with van der Waals surface area (Å²) in [5.41, 5.74) is 8.30. The summed E-state index contributed by atoms with van der Waals surface area (Å²) in [5.74, 6) is 2.35. The molecule has 1 aliphatic heterocycles. The normalized spacial score (nSPS) is 14.3. The van der Waals surface area contributed by atoms with Crippen LogP contribution in [-0.2, 0) is 20.1 Å². The van der Waals surface area contributed by atoms with Crippen LogP contribution in [0.4, 0.5) is 17.1 Å². The summed E-state index contributed by atoms with van der Waals surface area (Å²) in [6.45, 7) is 6.65. The van der Waals surface area contributed by atoms with E-state index in [1.807, 2.05) is 24.3 Å². The van der Waals surface area contributed by atoms with E-state index in [1.54, 1.807) is 22.7 Å². The fraction of sp³-hybridized carbons (Fsp3) is 0.225. The van der Waals surface area contributed by atoms with Gasteiger partial charge < -0.3 is 9.80 Å². The summed E-state index contributed by atoms with van der Waals surface area (Å²) in [7, 11) is 2.12. The Morgan fingerprint density at radius 3 is 2.27 bits per heavy atom. The van der Waals surface area contributed by atoms with E-state index in [4.69, 9.17) is 0 Å². The van der Waals surface area contributed by atoms with Crippen molar-refractivity contribution in [2.45, 2.75) is 51.4 Å². The molecule has 2 aliphatic rings. The molecule has 7 aromatic rings. The third-order valence-corrected chi connectivity index (χ3v) is 11.2. The summed E-state index contributed by atoms with van der Waals surface area (Å²) in [5, 5.41) is 23.7. The minimum atomic E-state index is 0. The van der Waals surface area contributed by atoms with Gasteiger partial charge in [-0.2, -0.15) is 52.0 Å². The number of nitrogens with zero attached hydrogens (tertiary/aromatic N) is 6. The number of rotatable bonds is 5. The van der Waals surface area contributed by atoms with E-state index in [0.29, 0.717) is 17.6 Å². The van der Waals surface area contributed by atoms with Crippen LogP contribution >= 0.6 is 22.7 Å². The van der Waals surface area contributed by atoms with Gasteiger partial charge in [0.25, 0.3) is 0 Å². The molecule has 4 heterocycles. The third kappa shape index (κ3) is 6.65. The summed E-state index contributed by atoms with van der Waals surface area (Å²) in [6.07, 6.45) is 5.44. The predicted molar refractivity (Wildman–Crippen MR) is 200 cm³/mol. The minimum Gasteiger partial charge on any atom is -0.504 e. The molecule has 3 aromatic heterocycles. The first-order valence-corrected chi connectivity index (χ1v) is 18.2. The Morgan fingerprint density at radius 2 is 1.53 bits per heavy atom. The van der Waals surface area contributed by atoms with Gasteiger partial charge in [-0.05, 0) is 63.6 Å². The van der Waals surface area contributed by atoms with Crippen molar-refractivity contribution >= 4 is 59.9 Å². The Bertz CT molecular complexity index is 2090. The fourth-order valence-electron chi connectivity index (χ4n) is 6.67. The van der Waals surface area contributed by atoms with Crippen molar-refractivity contribution in [3.05, 3.63) is 120 Å². The van der Waals surface area contributed by atoms with Crippen LogP contribution in [0.3, 0.4) is 0 Å². The summed E-state index contributed by atoms with van der Waals surface area (Å²) >= 11 is 3.32. The summed E-state index contributed by atoms with van der Waals surface area (Å²) in [4.78, 5) is 4.46. The van der Waals surface area contributed by atoms with Crippen LogP contribution in [0.1, 0.15) is 62.5 Å². The first-order valence-electron chi connectivity index (χ1n) is 16.5. The molecule has 246 valence electrons. The molecule has 0 spiro atoms. The molecule has 4 aromatic carbocycles. The Morgan fingerprint density at radius 1 is 0.796 bits per heavy atom. The van der Waals surface area contributed by atoms with Crippen LogP contribution in [0.5, 0.6) is 0 Å². The van der Waals surface area contributed by atoms with Crippen LogP contribution in [0.15, 0.2) is 89.6 Å². The monoisotopic (exact) mass is 856 g/mol. The maximum atomic E-state index is 4.31. The molecule has 1 saturated carbocycles. The van der Waals surface area contributed by atoms with E-state index in [0.717, 1.165) is 37.5 Å². The zero-order chi connectivity index (χ0) is 32.6. The number of hydrogen-bond donors (Lipinski definition) is 0. The van der Waals surface area contributed by atoms with Crippen molar-refractivity contribution < 1.29 is 20.1 Å². The average Bonchev–Trinajstić information content (AvgIpc) is 3.96. The van der Waals surface area contributed by atoms with Gasteiger partial charge in [0.05, 0.1) is 0 Å². The van der Waals surface area contributed by atoms with Crippen molar-refractivity contribution in [2.75, 3.05) is 16.8 Å². The van der Waals surface area contributed by atoms with Gasteiger partial charge in [0, 0.05) is 21.6 Å². The van der Waals surface area contributed by atoms with Gasteiger partial charge in [-0.15, -0.1) is 51.5 Å². The van der Waals surface area contributed by atoms with Crippen molar-refractivity contribution in [2.24, 2.45) is 0 Å². The summed E-state index contributed by atoms with van der Waals surface area (Å²) in [6, 6.07) is 34.4. The number of aromatic nitrogens is 4. The first-order chi connectivity index (χ1) is 23.5. The predicted octanol–water partition coefficient (Wildman–Crippen LogP) is 10.8. The van der Waals surface area contributed by atoms with Crippen LogP contribution in [0, 0.1) is 18.8 Å². The number of benzene rings is 4. The van der Waals surface area contributed by atoms with Gasteiger partial charge in [0.15, 0.2) is 0 Å². The third-order valence-electron chi connectivity index (χ3n) is 9.34. The Hall–Kier alpha value is -4.01. The molecular weight excluding hydrogens is 821 g/mol. The van der Waals surface area contributed by atoms with E-state index < -0.39 is 0 Å². The zero-order valence-electron chi connectivity index (χ0n) is 27.6. The SMILES string of the molecule is CC(C)c1ccc2c(c1)N(C)[CH-]N2c1[c-]cc(C2CCCC2)cc1.[Ir+3].[c-]1ccc2ccsc2c1-c1nnc(-c2cccc3ccsc23)nn1. The molecule has 0 radical (unpaired) electrons. The molecule has 9 rings (SSSR count). The molecule has 0 amide bonds. The van der Waals surface area contributed by atoms with Crippen LogP contribution in [0.2, 0.25) is 0 Å². The zero-order valence-corrected chi connectivity index (χ0v) is 31.6. The molecule has 9 heteroatoms. The first kappa shape index (κ1) is 33.5. The van der Waals surface area contributed by atoms with Gasteiger partial charge in [-0.3, -0.25) is 0 Å². The molecule has 0 unspecified atom stereocenters. The Balaban J connectivity index is 0.000000151. The van der Waals surface area contributed by atoms with Crippen LogP contribution in [-0.4, -0.2) is 27.4 Å². The average molecular weight is 856 g/mol.